The number of benzene rings is 2. The van der Waals surface area contributed by atoms with Crippen LogP contribution in [-0.4, -0.2) is 31.8 Å². The molecule has 0 amide bonds. The summed E-state index contributed by atoms with van der Waals surface area (Å²) in [5.74, 6) is 0.953. The van der Waals surface area contributed by atoms with Gasteiger partial charge >= 0.3 is 0 Å². The predicted molar refractivity (Wildman–Crippen MR) is 101 cm³/mol. The van der Waals surface area contributed by atoms with Gasteiger partial charge in [0, 0.05) is 38.3 Å². The zero-order valence-electron chi connectivity index (χ0n) is 14.8. The summed E-state index contributed by atoms with van der Waals surface area (Å²) in [6.07, 6.45) is 1.89. The fourth-order valence-corrected chi connectivity index (χ4v) is 3.19. The van der Waals surface area contributed by atoms with Crippen molar-refractivity contribution in [2.75, 3.05) is 31.1 Å². The average Bonchev–Trinajstić information content (AvgIpc) is 2.64. The van der Waals surface area contributed by atoms with Crippen LogP contribution in [0.15, 0.2) is 54.6 Å². The minimum atomic E-state index is -0.183. The molecule has 24 heavy (non-hydrogen) atoms. The summed E-state index contributed by atoms with van der Waals surface area (Å²) in [6.45, 7) is 8.65. The predicted octanol–water partition coefficient (Wildman–Crippen LogP) is 3.89. The lowest BCUT2D eigenvalue weighted by molar-refractivity contribution is 0.0848. The smallest absolute Gasteiger partial charge is 0.120 e. The van der Waals surface area contributed by atoms with Crippen LogP contribution in [-0.2, 0) is 6.42 Å². The number of nitrogens with zero attached hydrogens (tertiary/aromatic N) is 1. The van der Waals surface area contributed by atoms with Gasteiger partial charge in [0.1, 0.15) is 11.4 Å². The molecule has 0 aliphatic carbocycles. The Morgan fingerprint density at radius 3 is 2.29 bits per heavy atom. The van der Waals surface area contributed by atoms with E-state index in [2.05, 4.69) is 78.7 Å². The summed E-state index contributed by atoms with van der Waals surface area (Å²) >= 11 is 0. The Kier molecular flexibility index (Phi) is 5.41. The third-order valence-electron chi connectivity index (χ3n) is 4.85. The van der Waals surface area contributed by atoms with E-state index in [-0.39, 0.29) is 5.60 Å². The van der Waals surface area contributed by atoms with E-state index in [0.717, 1.165) is 44.8 Å². The molecule has 0 saturated carbocycles. The highest BCUT2D eigenvalue weighted by Crippen LogP contribution is 2.27. The van der Waals surface area contributed by atoms with Crippen LogP contribution in [0.5, 0.6) is 5.75 Å². The number of nitrogens with one attached hydrogen (secondary N) is 1. The van der Waals surface area contributed by atoms with Crippen LogP contribution in [0.4, 0.5) is 5.69 Å². The van der Waals surface area contributed by atoms with Crippen LogP contribution in [0.3, 0.4) is 0 Å². The van der Waals surface area contributed by atoms with Gasteiger partial charge in [0.25, 0.3) is 0 Å². The molecule has 2 aromatic carbocycles. The van der Waals surface area contributed by atoms with Gasteiger partial charge in [-0.05, 0) is 43.2 Å². The summed E-state index contributed by atoms with van der Waals surface area (Å²) in [5, 5.41) is 3.39. The van der Waals surface area contributed by atoms with Crippen molar-refractivity contribution < 1.29 is 4.74 Å². The van der Waals surface area contributed by atoms with Crippen molar-refractivity contribution in [1.82, 2.24) is 5.32 Å². The van der Waals surface area contributed by atoms with Crippen molar-refractivity contribution in [2.45, 2.75) is 32.3 Å². The van der Waals surface area contributed by atoms with Crippen molar-refractivity contribution in [3.63, 3.8) is 0 Å². The minimum absolute atomic E-state index is 0.183. The lowest BCUT2D eigenvalue weighted by atomic mass is 9.93. The number of hydrogen-bond acceptors (Lipinski definition) is 3. The number of hydrogen-bond donors (Lipinski definition) is 1. The van der Waals surface area contributed by atoms with Crippen molar-refractivity contribution in [2.24, 2.45) is 0 Å². The molecule has 1 saturated heterocycles. The molecule has 1 unspecified atom stereocenters. The van der Waals surface area contributed by atoms with E-state index in [1.807, 2.05) is 0 Å². The van der Waals surface area contributed by atoms with Crippen molar-refractivity contribution in [1.29, 1.82) is 0 Å². The zero-order chi connectivity index (χ0) is 16.8. The summed E-state index contributed by atoms with van der Waals surface area (Å²) in [5.41, 5.74) is 2.42. The molecule has 1 aliphatic rings. The minimum Gasteiger partial charge on any atom is -0.487 e. The Balaban J connectivity index is 1.66. The lowest BCUT2D eigenvalue weighted by Crippen LogP contribution is -2.43. The van der Waals surface area contributed by atoms with Gasteiger partial charge < -0.3 is 15.0 Å². The van der Waals surface area contributed by atoms with Gasteiger partial charge in [0.2, 0.25) is 0 Å². The zero-order valence-corrected chi connectivity index (χ0v) is 14.8. The fourth-order valence-electron chi connectivity index (χ4n) is 3.19. The maximum absolute atomic E-state index is 6.37. The molecule has 1 heterocycles. The maximum Gasteiger partial charge on any atom is 0.120 e. The third kappa shape index (κ3) is 4.30. The first-order valence-electron chi connectivity index (χ1n) is 8.97. The van der Waals surface area contributed by atoms with Gasteiger partial charge in [-0.3, -0.25) is 0 Å². The monoisotopic (exact) mass is 324 g/mol. The van der Waals surface area contributed by atoms with Gasteiger partial charge in [-0.15, -0.1) is 0 Å². The Bertz CT molecular complexity index is 620. The lowest BCUT2D eigenvalue weighted by Gasteiger charge is -2.31. The highest BCUT2D eigenvalue weighted by Gasteiger charge is 2.24. The summed E-state index contributed by atoms with van der Waals surface area (Å²) in [7, 11) is 0. The molecule has 0 spiro atoms. The molecule has 2 aromatic rings. The third-order valence-corrected chi connectivity index (χ3v) is 4.85. The van der Waals surface area contributed by atoms with E-state index in [1.54, 1.807) is 0 Å². The standard InChI is InChI=1S/C21H28N2O/c1-3-21(2,17-18-7-5-4-6-8-18)24-20-11-9-19(10-12-20)23-15-13-22-14-16-23/h4-12,22H,3,13-17H2,1-2H3. The van der Waals surface area contributed by atoms with Crippen molar-refractivity contribution in [3.05, 3.63) is 60.2 Å². The van der Waals surface area contributed by atoms with Crippen molar-refractivity contribution >= 4 is 5.69 Å². The molecule has 0 bridgehead atoms. The number of piperazine rings is 1. The average molecular weight is 324 g/mol. The Hall–Kier alpha value is -2.00. The first kappa shape index (κ1) is 16.8. The molecule has 0 aromatic heterocycles. The quantitative estimate of drug-likeness (QED) is 0.872. The second-order valence-electron chi connectivity index (χ2n) is 6.80. The number of rotatable bonds is 6. The van der Waals surface area contributed by atoms with Gasteiger partial charge in [0.05, 0.1) is 0 Å². The normalized spacial score (nSPS) is 17.3. The molecule has 1 atom stereocenters. The second kappa shape index (κ2) is 7.71. The van der Waals surface area contributed by atoms with Crippen LogP contribution >= 0.6 is 0 Å². The summed E-state index contributed by atoms with van der Waals surface area (Å²) in [6, 6.07) is 19.2. The molecule has 3 heteroatoms. The van der Waals surface area contributed by atoms with Gasteiger partial charge in [0.15, 0.2) is 0 Å². The second-order valence-corrected chi connectivity index (χ2v) is 6.80. The van der Waals surface area contributed by atoms with Gasteiger partial charge in [-0.2, -0.15) is 0 Å². The number of ether oxygens (including phenoxy) is 1. The Morgan fingerprint density at radius 1 is 1.00 bits per heavy atom. The summed E-state index contributed by atoms with van der Waals surface area (Å²) in [4.78, 5) is 2.42. The molecule has 128 valence electrons. The van der Waals surface area contributed by atoms with E-state index >= 15 is 0 Å². The molecule has 1 N–H and O–H groups in total. The molecule has 1 fully saturated rings. The molecule has 1 aliphatic heterocycles. The van der Waals surface area contributed by atoms with Crippen LogP contribution in [0.25, 0.3) is 0 Å². The largest absolute Gasteiger partial charge is 0.487 e. The van der Waals surface area contributed by atoms with Crippen LogP contribution < -0.4 is 15.0 Å². The van der Waals surface area contributed by atoms with Crippen LogP contribution in [0, 0.1) is 0 Å². The van der Waals surface area contributed by atoms with Gasteiger partial charge in [-0.25, -0.2) is 0 Å². The number of anilines is 1. The molecule has 3 nitrogen and oxygen atoms in total. The fraction of sp³-hybridized carbons (Fsp3) is 0.429. The topological polar surface area (TPSA) is 24.5 Å². The Morgan fingerprint density at radius 2 is 1.67 bits per heavy atom. The Labute approximate surface area is 145 Å². The highest BCUT2D eigenvalue weighted by molar-refractivity contribution is 5.49. The van der Waals surface area contributed by atoms with Crippen LogP contribution in [0.1, 0.15) is 25.8 Å². The summed E-state index contributed by atoms with van der Waals surface area (Å²) < 4.78 is 6.37. The molecule has 3 rings (SSSR count). The highest BCUT2D eigenvalue weighted by atomic mass is 16.5. The van der Waals surface area contributed by atoms with Crippen molar-refractivity contribution in [3.8, 4) is 5.75 Å². The van der Waals surface area contributed by atoms with E-state index in [9.17, 15) is 0 Å². The van der Waals surface area contributed by atoms with Crippen LogP contribution in [0.2, 0.25) is 0 Å². The van der Waals surface area contributed by atoms with E-state index in [4.69, 9.17) is 4.74 Å². The first-order chi connectivity index (χ1) is 11.7. The molecular formula is C21H28N2O. The molecule has 0 radical (unpaired) electrons. The van der Waals surface area contributed by atoms with E-state index in [0.29, 0.717) is 0 Å². The first-order valence-corrected chi connectivity index (χ1v) is 8.97. The SMILES string of the molecule is CCC(C)(Cc1ccccc1)Oc1ccc(N2CCNCC2)cc1. The van der Waals surface area contributed by atoms with Gasteiger partial charge in [-0.1, -0.05) is 37.3 Å². The maximum atomic E-state index is 6.37. The van der Waals surface area contributed by atoms with E-state index in [1.165, 1.54) is 11.3 Å². The van der Waals surface area contributed by atoms with E-state index < -0.39 is 0 Å². The molecular weight excluding hydrogens is 296 g/mol.